The Hall–Kier alpha value is -2.66. The van der Waals surface area contributed by atoms with Crippen molar-refractivity contribution in [3.05, 3.63) is 71.1 Å². The maximum absolute atomic E-state index is 12.3. The van der Waals surface area contributed by atoms with Gasteiger partial charge in [-0.2, -0.15) is 4.98 Å². The molecule has 0 aliphatic carbocycles. The third kappa shape index (κ3) is 4.25. The third-order valence-electron chi connectivity index (χ3n) is 3.78. The lowest BCUT2D eigenvalue weighted by Crippen LogP contribution is -2.15. The molecule has 128 valence electrons. The minimum atomic E-state index is -0.309. The van der Waals surface area contributed by atoms with Gasteiger partial charge in [0.2, 0.25) is 5.82 Å². The Kier molecular flexibility index (Phi) is 5.46. The highest BCUT2D eigenvalue weighted by atomic mass is 35.5. The molecule has 0 unspecified atom stereocenters. The molecule has 25 heavy (non-hydrogen) atoms. The third-order valence-corrected chi connectivity index (χ3v) is 4.02. The number of halogens is 1. The Labute approximate surface area is 150 Å². The van der Waals surface area contributed by atoms with Crippen LogP contribution in [0, 0.1) is 0 Å². The minimum Gasteiger partial charge on any atom is -0.455 e. The Balaban J connectivity index is 1.65. The highest BCUT2D eigenvalue weighted by Crippen LogP contribution is 2.22. The van der Waals surface area contributed by atoms with Crippen LogP contribution in [-0.4, -0.2) is 16.1 Å². The first-order chi connectivity index (χ1) is 12.2. The van der Waals surface area contributed by atoms with Crippen LogP contribution in [0.25, 0.3) is 11.4 Å². The first-order valence-electron chi connectivity index (χ1n) is 7.97. The van der Waals surface area contributed by atoms with Crippen molar-refractivity contribution in [1.82, 2.24) is 10.1 Å². The number of nitrogens with zero attached hydrogens (tertiary/aromatic N) is 2. The number of rotatable bonds is 6. The number of benzene rings is 2. The van der Waals surface area contributed by atoms with Crippen LogP contribution in [0.3, 0.4) is 0 Å². The van der Waals surface area contributed by atoms with E-state index < -0.39 is 0 Å². The van der Waals surface area contributed by atoms with E-state index in [9.17, 15) is 4.79 Å². The van der Waals surface area contributed by atoms with E-state index in [2.05, 4.69) is 10.1 Å². The van der Waals surface area contributed by atoms with E-state index in [0.717, 1.165) is 11.1 Å². The molecule has 5 nitrogen and oxygen atoms in total. The Morgan fingerprint density at radius 3 is 2.72 bits per heavy atom. The van der Waals surface area contributed by atoms with E-state index in [4.69, 9.17) is 20.9 Å². The molecule has 3 rings (SSSR count). The molecular weight excluding hydrogens is 340 g/mol. The van der Waals surface area contributed by atoms with Gasteiger partial charge in [-0.25, -0.2) is 0 Å². The summed E-state index contributed by atoms with van der Waals surface area (Å²) in [4.78, 5) is 16.6. The molecule has 0 fully saturated rings. The van der Waals surface area contributed by atoms with Gasteiger partial charge in [0, 0.05) is 10.6 Å². The summed E-state index contributed by atoms with van der Waals surface area (Å²) in [7, 11) is 0. The quantitative estimate of drug-likeness (QED) is 0.602. The monoisotopic (exact) mass is 356 g/mol. The summed E-state index contributed by atoms with van der Waals surface area (Å²) in [5.74, 6) is 0.0302. The zero-order valence-electron chi connectivity index (χ0n) is 13.7. The predicted octanol–water partition coefficient (Wildman–Crippen LogP) is 4.63. The van der Waals surface area contributed by atoms with Crippen LogP contribution in [0.4, 0.5) is 0 Å². The topological polar surface area (TPSA) is 65.2 Å². The second-order valence-corrected chi connectivity index (χ2v) is 5.94. The molecule has 0 amide bonds. The maximum atomic E-state index is 12.3. The van der Waals surface area contributed by atoms with E-state index in [0.29, 0.717) is 17.3 Å². The predicted molar refractivity (Wildman–Crippen MR) is 94.0 cm³/mol. The summed E-state index contributed by atoms with van der Waals surface area (Å²) >= 11 is 5.96. The summed E-state index contributed by atoms with van der Waals surface area (Å²) in [6.07, 6.45) is 0.653. The SMILES string of the molecule is CC[C@@H](C(=O)OCc1nc(-c2cccc(Cl)c2)no1)c1ccccc1. The van der Waals surface area contributed by atoms with Crippen molar-refractivity contribution in [3.63, 3.8) is 0 Å². The second-order valence-electron chi connectivity index (χ2n) is 5.50. The first kappa shape index (κ1) is 17.2. The molecule has 0 N–H and O–H groups in total. The average molecular weight is 357 g/mol. The number of carbonyl (C=O) groups excluding carboxylic acids is 1. The lowest BCUT2D eigenvalue weighted by Gasteiger charge is -2.13. The number of hydrogen-bond acceptors (Lipinski definition) is 5. The van der Waals surface area contributed by atoms with Crippen LogP contribution in [0.15, 0.2) is 59.1 Å². The number of hydrogen-bond donors (Lipinski definition) is 0. The zero-order chi connectivity index (χ0) is 17.6. The number of aromatic nitrogens is 2. The van der Waals surface area contributed by atoms with Gasteiger partial charge in [0.05, 0.1) is 5.92 Å². The minimum absolute atomic E-state index is 0.0598. The molecule has 0 bridgehead atoms. The van der Waals surface area contributed by atoms with Crippen LogP contribution in [-0.2, 0) is 16.1 Å². The van der Waals surface area contributed by atoms with Crippen molar-refractivity contribution in [1.29, 1.82) is 0 Å². The second kappa shape index (κ2) is 7.94. The number of esters is 1. The zero-order valence-corrected chi connectivity index (χ0v) is 14.4. The number of carbonyl (C=O) groups is 1. The van der Waals surface area contributed by atoms with Gasteiger partial charge in [0.25, 0.3) is 5.89 Å². The average Bonchev–Trinajstić information content (AvgIpc) is 3.11. The molecule has 6 heteroatoms. The fraction of sp³-hybridized carbons (Fsp3) is 0.211. The van der Waals surface area contributed by atoms with Gasteiger partial charge in [-0.3, -0.25) is 4.79 Å². The van der Waals surface area contributed by atoms with Crippen molar-refractivity contribution in [2.75, 3.05) is 0 Å². The van der Waals surface area contributed by atoms with Crippen LogP contribution in [0.2, 0.25) is 5.02 Å². The van der Waals surface area contributed by atoms with Gasteiger partial charge in [0.15, 0.2) is 6.61 Å². The van der Waals surface area contributed by atoms with Gasteiger partial charge < -0.3 is 9.26 Å². The van der Waals surface area contributed by atoms with Crippen molar-refractivity contribution in [2.45, 2.75) is 25.9 Å². The van der Waals surface area contributed by atoms with Gasteiger partial charge >= 0.3 is 5.97 Å². The molecule has 1 aromatic heterocycles. The molecule has 3 aromatic rings. The summed E-state index contributed by atoms with van der Waals surface area (Å²) in [6, 6.07) is 16.7. The van der Waals surface area contributed by atoms with Crippen molar-refractivity contribution < 1.29 is 14.1 Å². The highest BCUT2D eigenvalue weighted by molar-refractivity contribution is 6.30. The van der Waals surface area contributed by atoms with E-state index in [1.54, 1.807) is 18.2 Å². The molecule has 1 atom stereocenters. The van der Waals surface area contributed by atoms with Gasteiger partial charge in [0.1, 0.15) is 0 Å². The Morgan fingerprint density at radius 2 is 2.00 bits per heavy atom. The lowest BCUT2D eigenvalue weighted by molar-refractivity contribution is -0.147. The molecule has 0 aliphatic heterocycles. The number of ether oxygens (including phenoxy) is 1. The standard InChI is InChI=1S/C19H17ClN2O3/c1-2-16(13-7-4-3-5-8-13)19(23)24-12-17-21-18(22-25-17)14-9-6-10-15(20)11-14/h3-11,16H,2,12H2,1H3/t16-/m1/s1. The summed E-state index contributed by atoms with van der Waals surface area (Å²) in [5, 5.41) is 4.48. The van der Waals surface area contributed by atoms with E-state index in [1.165, 1.54) is 0 Å². The first-order valence-corrected chi connectivity index (χ1v) is 8.35. The molecule has 1 heterocycles. The van der Waals surface area contributed by atoms with E-state index in [1.807, 2.05) is 43.3 Å². The Morgan fingerprint density at radius 1 is 1.20 bits per heavy atom. The largest absolute Gasteiger partial charge is 0.455 e. The Bertz CT molecular complexity index is 849. The summed E-state index contributed by atoms with van der Waals surface area (Å²) < 4.78 is 10.5. The van der Waals surface area contributed by atoms with Gasteiger partial charge in [-0.05, 0) is 24.1 Å². The highest BCUT2D eigenvalue weighted by Gasteiger charge is 2.21. The molecular formula is C19H17ClN2O3. The normalized spacial score (nSPS) is 11.9. The summed E-state index contributed by atoms with van der Waals surface area (Å²) in [6.45, 7) is 1.89. The fourth-order valence-electron chi connectivity index (χ4n) is 2.52. The fourth-order valence-corrected chi connectivity index (χ4v) is 2.71. The molecule has 2 aromatic carbocycles. The van der Waals surface area contributed by atoms with Crippen molar-refractivity contribution in [2.24, 2.45) is 0 Å². The van der Waals surface area contributed by atoms with Crippen LogP contribution in [0.1, 0.15) is 30.7 Å². The molecule has 0 spiro atoms. The molecule has 0 radical (unpaired) electrons. The van der Waals surface area contributed by atoms with Gasteiger partial charge in [-0.1, -0.05) is 66.1 Å². The smallest absolute Gasteiger partial charge is 0.313 e. The van der Waals surface area contributed by atoms with E-state index >= 15 is 0 Å². The maximum Gasteiger partial charge on any atom is 0.313 e. The molecule has 0 saturated carbocycles. The van der Waals surface area contributed by atoms with Crippen molar-refractivity contribution >= 4 is 17.6 Å². The van der Waals surface area contributed by atoms with Crippen molar-refractivity contribution in [3.8, 4) is 11.4 Å². The van der Waals surface area contributed by atoms with Crippen LogP contribution < -0.4 is 0 Å². The lowest BCUT2D eigenvalue weighted by atomic mass is 9.97. The van der Waals surface area contributed by atoms with Crippen LogP contribution in [0.5, 0.6) is 0 Å². The molecule has 0 saturated heterocycles. The van der Waals surface area contributed by atoms with Crippen LogP contribution >= 0.6 is 11.6 Å². The van der Waals surface area contributed by atoms with E-state index in [-0.39, 0.29) is 24.4 Å². The molecule has 0 aliphatic rings. The van der Waals surface area contributed by atoms with Gasteiger partial charge in [-0.15, -0.1) is 0 Å². The summed E-state index contributed by atoms with van der Waals surface area (Å²) in [5.41, 5.74) is 1.67.